The van der Waals surface area contributed by atoms with E-state index >= 15 is 0 Å². The van der Waals surface area contributed by atoms with E-state index in [1.54, 1.807) is 6.20 Å². The Bertz CT molecular complexity index is 620. The van der Waals surface area contributed by atoms with Crippen LogP contribution in [0.4, 0.5) is 0 Å². The van der Waals surface area contributed by atoms with Crippen molar-refractivity contribution >= 4 is 0 Å². The second-order valence-electron chi connectivity index (χ2n) is 4.70. The van der Waals surface area contributed by atoms with Crippen molar-refractivity contribution in [3.8, 4) is 17.3 Å². The van der Waals surface area contributed by atoms with Crippen LogP contribution in [0.2, 0.25) is 0 Å². The first-order valence-corrected chi connectivity index (χ1v) is 5.85. The average Bonchev–Trinajstić information content (AvgIpc) is 2.78. The molecule has 18 heavy (non-hydrogen) atoms. The van der Waals surface area contributed by atoms with Gasteiger partial charge in [0.25, 0.3) is 0 Å². The Labute approximate surface area is 105 Å². The second kappa shape index (κ2) is 3.97. The van der Waals surface area contributed by atoms with Gasteiger partial charge in [0.2, 0.25) is 0 Å². The number of aromatic nitrogens is 2. The van der Waals surface area contributed by atoms with Crippen molar-refractivity contribution in [2.75, 3.05) is 13.2 Å². The number of rotatable bonds is 2. The molecule has 4 nitrogen and oxygen atoms in total. The zero-order chi connectivity index (χ0) is 12.6. The molecule has 1 aliphatic rings. The van der Waals surface area contributed by atoms with Crippen molar-refractivity contribution < 1.29 is 4.74 Å². The number of aromatic amines is 1. The van der Waals surface area contributed by atoms with Crippen LogP contribution >= 0.6 is 0 Å². The fourth-order valence-corrected chi connectivity index (χ4v) is 2.08. The van der Waals surface area contributed by atoms with Gasteiger partial charge < -0.3 is 9.72 Å². The van der Waals surface area contributed by atoms with Crippen LogP contribution in [0, 0.1) is 18.3 Å². The van der Waals surface area contributed by atoms with Crippen LogP contribution in [0.25, 0.3) is 11.3 Å². The van der Waals surface area contributed by atoms with E-state index in [2.05, 4.69) is 35.1 Å². The van der Waals surface area contributed by atoms with Crippen LogP contribution in [-0.4, -0.2) is 23.2 Å². The molecular weight excluding hydrogens is 226 g/mol. The fourth-order valence-electron chi connectivity index (χ4n) is 2.08. The Morgan fingerprint density at radius 3 is 2.89 bits per heavy atom. The largest absolute Gasteiger partial charge is 0.377 e. The van der Waals surface area contributed by atoms with Gasteiger partial charge in [-0.05, 0) is 18.6 Å². The maximum absolute atomic E-state index is 9.22. The van der Waals surface area contributed by atoms with Gasteiger partial charge >= 0.3 is 0 Å². The minimum atomic E-state index is -0.581. The molecule has 1 saturated heterocycles. The molecular formula is C14H13N3O. The third-order valence-corrected chi connectivity index (χ3v) is 3.27. The van der Waals surface area contributed by atoms with Crippen molar-refractivity contribution in [1.82, 2.24) is 9.97 Å². The topological polar surface area (TPSA) is 61.7 Å². The van der Waals surface area contributed by atoms with E-state index in [0.29, 0.717) is 19.0 Å². The third-order valence-electron chi connectivity index (χ3n) is 3.27. The first-order valence-electron chi connectivity index (χ1n) is 5.85. The summed E-state index contributed by atoms with van der Waals surface area (Å²) in [6.45, 7) is 2.89. The van der Waals surface area contributed by atoms with E-state index in [9.17, 15) is 5.26 Å². The zero-order valence-corrected chi connectivity index (χ0v) is 10.1. The SMILES string of the molecule is Cc1cccc(-c2cnc(C3(C#N)COC3)[nH]2)c1. The van der Waals surface area contributed by atoms with Gasteiger partial charge in [-0.3, -0.25) is 0 Å². The molecule has 0 unspecified atom stereocenters. The minimum absolute atomic E-state index is 0.421. The Kier molecular flexibility index (Phi) is 2.42. The van der Waals surface area contributed by atoms with Gasteiger partial charge in [0.1, 0.15) is 5.82 Å². The van der Waals surface area contributed by atoms with Crippen LogP contribution in [0.15, 0.2) is 30.5 Å². The van der Waals surface area contributed by atoms with Crippen LogP contribution in [0.3, 0.4) is 0 Å². The van der Waals surface area contributed by atoms with E-state index < -0.39 is 5.41 Å². The van der Waals surface area contributed by atoms with E-state index in [0.717, 1.165) is 11.3 Å². The number of nitrogens with zero attached hydrogens (tertiary/aromatic N) is 2. The van der Waals surface area contributed by atoms with Gasteiger partial charge in [-0.2, -0.15) is 5.26 Å². The van der Waals surface area contributed by atoms with Gasteiger partial charge in [-0.15, -0.1) is 0 Å². The summed E-state index contributed by atoms with van der Waals surface area (Å²) in [4.78, 5) is 7.57. The smallest absolute Gasteiger partial charge is 0.161 e. The molecule has 4 heteroatoms. The van der Waals surface area contributed by atoms with Crippen LogP contribution in [0.1, 0.15) is 11.4 Å². The van der Waals surface area contributed by atoms with Crippen LogP contribution < -0.4 is 0 Å². The van der Waals surface area contributed by atoms with Crippen molar-refractivity contribution in [1.29, 1.82) is 5.26 Å². The maximum atomic E-state index is 9.22. The van der Waals surface area contributed by atoms with Gasteiger partial charge in [-0.25, -0.2) is 4.98 Å². The summed E-state index contributed by atoms with van der Waals surface area (Å²) in [5.41, 5.74) is 2.64. The molecule has 0 amide bonds. The summed E-state index contributed by atoms with van der Waals surface area (Å²) in [6, 6.07) is 10.5. The molecule has 1 fully saturated rings. The molecule has 90 valence electrons. The number of imidazole rings is 1. The highest BCUT2D eigenvalue weighted by Crippen LogP contribution is 2.31. The number of aryl methyl sites for hydroxylation is 1. The van der Waals surface area contributed by atoms with Crippen LogP contribution in [0.5, 0.6) is 0 Å². The Morgan fingerprint density at radius 2 is 2.28 bits per heavy atom. The first kappa shape index (κ1) is 11.0. The van der Waals surface area contributed by atoms with Gasteiger partial charge in [0.15, 0.2) is 5.41 Å². The Morgan fingerprint density at radius 1 is 1.44 bits per heavy atom. The molecule has 1 N–H and O–H groups in total. The summed E-state index contributed by atoms with van der Waals surface area (Å²) in [6.07, 6.45) is 1.78. The molecule has 0 radical (unpaired) electrons. The molecule has 0 atom stereocenters. The van der Waals surface area contributed by atoms with E-state index in [1.165, 1.54) is 5.56 Å². The number of hydrogen-bond donors (Lipinski definition) is 1. The molecule has 1 aromatic heterocycles. The predicted molar refractivity (Wildman–Crippen MR) is 66.9 cm³/mol. The third kappa shape index (κ3) is 1.60. The molecule has 0 aliphatic carbocycles. The molecule has 1 aromatic carbocycles. The second-order valence-corrected chi connectivity index (χ2v) is 4.70. The van der Waals surface area contributed by atoms with Crippen molar-refractivity contribution in [3.05, 3.63) is 41.9 Å². The number of H-pyrrole nitrogens is 1. The monoisotopic (exact) mass is 239 g/mol. The predicted octanol–water partition coefficient (Wildman–Crippen LogP) is 2.18. The highest BCUT2D eigenvalue weighted by molar-refractivity contribution is 5.59. The lowest BCUT2D eigenvalue weighted by Crippen LogP contribution is -2.46. The van der Waals surface area contributed by atoms with E-state index in [1.807, 2.05) is 12.1 Å². The lowest BCUT2D eigenvalue weighted by molar-refractivity contribution is -0.0335. The molecule has 2 aromatic rings. The maximum Gasteiger partial charge on any atom is 0.161 e. The highest BCUT2D eigenvalue weighted by Gasteiger charge is 2.43. The average molecular weight is 239 g/mol. The number of nitriles is 1. The molecule has 1 aliphatic heterocycles. The zero-order valence-electron chi connectivity index (χ0n) is 10.1. The normalized spacial score (nSPS) is 16.9. The van der Waals surface area contributed by atoms with E-state index in [-0.39, 0.29) is 0 Å². The molecule has 0 spiro atoms. The summed E-state index contributed by atoms with van der Waals surface area (Å²) < 4.78 is 5.14. The number of hydrogen-bond acceptors (Lipinski definition) is 3. The van der Waals surface area contributed by atoms with Gasteiger partial charge in [-0.1, -0.05) is 23.8 Å². The highest BCUT2D eigenvalue weighted by atomic mass is 16.5. The minimum Gasteiger partial charge on any atom is -0.377 e. The Balaban J connectivity index is 1.97. The van der Waals surface area contributed by atoms with Crippen molar-refractivity contribution in [2.24, 2.45) is 0 Å². The summed E-state index contributed by atoms with van der Waals surface area (Å²) in [5, 5.41) is 9.22. The van der Waals surface area contributed by atoms with Gasteiger partial charge in [0.05, 0.1) is 31.2 Å². The summed E-state index contributed by atoms with van der Waals surface area (Å²) in [7, 11) is 0. The quantitative estimate of drug-likeness (QED) is 0.873. The molecule has 0 saturated carbocycles. The standard InChI is InChI=1S/C14H13N3O/c1-10-3-2-4-11(5-10)12-6-16-13(17-12)14(7-15)8-18-9-14/h2-6H,8-9H2,1H3,(H,16,17). The number of nitrogens with one attached hydrogen (secondary N) is 1. The Hall–Kier alpha value is -2.12. The molecule has 3 rings (SSSR count). The lowest BCUT2D eigenvalue weighted by atomic mass is 9.87. The lowest BCUT2D eigenvalue weighted by Gasteiger charge is -2.32. The number of benzene rings is 1. The molecule has 2 heterocycles. The van der Waals surface area contributed by atoms with Crippen molar-refractivity contribution in [3.63, 3.8) is 0 Å². The van der Waals surface area contributed by atoms with Gasteiger partial charge in [0, 0.05) is 0 Å². The summed E-state index contributed by atoms with van der Waals surface area (Å²) >= 11 is 0. The molecule has 0 bridgehead atoms. The van der Waals surface area contributed by atoms with Crippen LogP contribution in [-0.2, 0) is 10.2 Å². The summed E-state index contributed by atoms with van der Waals surface area (Å²) in [5.74, 6) is 0.702. The van der Waals surface area contributed by atoms with E-state index in [4.69, 9.17) is 4.74 Å². The number of ether oxygens (including phenoxy) is 1. The fraction of sp³-hybridized carbons (Fsp3) is 0.286. The van der Waals surface area contributed by atoms with Crippen molar-refractivity contribution in [2.45, 2.75) is 12.3 Å². The first-order chi connectivity index (χ1) is 8.73.